The number of benzene rings is 1. The lowest BCUT2D eigenvalue weighted by Gasteiger charge is -2.13. The first-order valence-corrected chi connectivity index (χ1v) is 5.67. The Morgan fingerprint density at radius 1 is 1.47 bits per heavy atom. The van der Waals surface area contributed by atoms with E-state index in [1.54, 1.807) is 7.11 Å². The quantitative estimate of drug-likeness (QED) is 0.816. The van der Waals surface area contributed by atoms with Crippen molar-refractivity contribution in [1.82, 2.24) is 0 Å². The van der Waals surface area contributed by atoms with Gasteiger partial charge in [-0.05, 0) is 31.9 Å². The predicted molar refractivity (Wildman–Crippen MR) is 69.0 cm³/mol. The van der Waals surface area contributed by atoms with Crippen molar-refractivity contribution in [1.29, 1.82) is 0 Å². The summed E-state index contributed by atoms with van der Waals surface area (Å²) < 4.78 is 4.89. The maximum atomic E-state index is 11.8. The molecule has 4 heteroatoms. The Kier molecular flexibility index (Phi) is 5.12. The highest BCUT2D eigenvalue weighted by Crippen LogP contribution is 2.16. The number of rotatable bonds is 5. The lowest BCUT2D eigenvalue weighted by molar-refractivity contribution is -0.117. The molecule has 0 aliphatic carbocycles. The predicted octanol–water partition coefficient (Wildman–Crippen LogP) is 1.61. The van der Waals surface area contributed by atoms with Crippen LogP contribution in [0, 0.1) is 13.8 Å². The summed E-state index contributed by atoms with van der Waals surface area (Å²) in [6.07, 6.45) is 0.521. The Morgan fingerprint density at radius 2 is 2.18 bits per heavy atom. The minimum absolute atomic E-state index is 0.172. The van der Waals surface area contributed by atoms with Crippen LogP contribution in [0.25, 0.3) is 0 Å². The largest absolute Gasteiger partial charge is 0.385 e. The third-order valence-corrected chi connectivity index (χ3v) is 2.61. The highest BCUT2D eigenvalue weighted by atomic mass is 16.5. The number of methoxy groups -OCH3 is 1. The van der Waals surface area contributed by atoms with Crippen LogP contribution in [-0.2, 0) is 9.53 Å². The monoisotopic (exact) mass is 236 g/mol. The molecule has 1 amide bonds. The summed E-state index contributed by atoms with van der Waals surface area (Å²) in [7, 11) is 1.59. The number of aryl methyl sites for hydroxylation is 2. The first-order valence-electron chi connectivity index (χ1n) is 5.67. The van der Waals surface area contributed by atoms with Crippen molar-refractivity contribution in [3.05, 3.63) is 29.3 Å². The summed E-state index contributed by atoms with van der Waals surface area (Å²) >= 11 is 0. The molecule has 1 aromatic carbocycles. The van der Waals surface area contributed by atoms with E-state index in [4.69, 9.17) is 10.5 Å². The molecule has 1 rings (SSSR count). The molecule has 1 aromatic rings. The standard InChI is InChI=1S/C13H20N2O2/c1-9-4-5-12(10(2)8-9)15-13(16)11(14)6-7-17-3/h4-5,8,11H,6-7,14H2,1-3H3,(H,15,16). The van der Waals surface area contributed by atoms with Crippen molar-refractivity contribution >= 4 is 11.6 Å². The minimum Gasteiger partial charge on any atom is -0.385 e. The van der Waals surface area contributed by atoms with Gasteiger partial charge in [-0.25, -0.2) is 0 Å². The van der Waals surface area contributed by atoms with Gasteiger partial charge in [-0.1, -0.05) is 17.7 Å². The second-order valence-electron chi connectivity index (χ2n) is 4.20. The molecule has 4 nitrogen and oxygen atoms in total. The van der Waals surface area contributed by atoms with Gasteiger partial charge in [0.25, 0.3) is 0 Å². The van der Waals surface area contributed by atoms with Gasteiger partial charge in [0.1, 0.15) is 0 Å². The van der Waals surface area contributed by atoms with E-state index in [1.165, 1.54) is 5.56 Å². The molecule has 0 aromatic heterocycles. The van der Waals surface area contributed by atoms with E-state index in [1.807, 2.05) is 32.0 Å². The highest BCUT2D eigenvalue weighted by Gasteiger charge is 2.13. The fourth-order valence-corrected chi connectivity index (χ4v) is 1.56. The summed E-state index contributed by atoms with van der Waals surface area (Å²) in [4.78, 5) is 11.8. The Balaban J connectivity index is 2.61. The number of hydrogen-bond donors (Lipinski definition) is 2. The Bertz CT molecular complexity index is 391. The van der Waals surface area contributed by atoms with Gasteiger partial charge in [-0.3, -0.25) is 4.79 Å². The summed E-state index contributed by atoms with van der Waals surface area (Å²) in [5.74, 6) is -0.172. The van der Waals surface area contributed by atoms with Gasteiger partial charge in [0.15, 0.2) is 0 Å². The second-order valence-corrected chi connectivity index (χ2v) is 4.20. The molecule has 0 aliphatic heterocycles. The molecule has 94 valence electrons. The van der Waals surface area contributed by atoms with Gasteiger partial charge in [0.05, 0.1) is 6.04 Å². The Labute approximate surface area is 102 Å². The number of carbonyl (C=O) groups is 1. The van der Waals surface area contributed by atoms with E-state index in [0.717, 1.165) is 11.3 Å². The van der Waals surface area contributed by atoms with Crippen LogP contribution in [0.2, 0.25) is 0 Å². The average molecular weight is 236 g/mol. The molecule has 17 heavy (non-hydrogen) atoms. The number of amides is 1. The molecule has 1 atom stereocenters. The van der Waals surface area contributed by atoms with Crippen molar-refractivity contribution in [2.45, 2.75) is 26.3 Å². The van der Waals surface area contributed by atoms with Crippen LogP contribution in [0.4, 0.5) is 5.69 Å². The Hall–Kier alpha value is -1.39. The number of anilines is 1. The van der Waals surface area contributed by atoms with Crippen molar-refractivity contribution < 1.29 is 9.53 Å². The molecule has 0 saturated carbocycles. The van der Waals surface area contributed by atoms with Crippen LogP contribution < -0.4 is 11.1 Å². The number of nitrogens with one attached hydrogen (secondary N) is 1. The lowest BCUT2D eigenvalue weighted by Crippen LogP contribution is -2.36. The zero-order chi connectivity index (χ0) is 12.8. The molecule has 0 heterocycles. The third-order valence-electron chi connectivity index (χ3n) is 2.61. The molecule has 0 bridgehead atoms. The van der Waals surface area contributed by atoms with Crippen LogP contribution in [0.5, 0.6) is 0 Å². The maximum Gasteiger partial charge on any atom is 0.241 e. The molecule has 0 radical (unpaired) electrons. The molecular weight excluding hydrogens is 216 g/mol. The number of hydrogen-bond acceptors (Lipinski definition) is 3. The topological polar surface area (TPSA) is 64.3 Å². The zero-order valence-electron chi connectivity index (χ0n) is 10.6. The van der Waals surface area contributed by atoms with E-state index < -0.39 is 6.04 Å². The van der Waals surface area contributed by atoms with Gasteiger partial charge >= 0.3 is 0 Å². The van der Waals surface area contributed by atoms with Crippen LogP contribution in [0.3, 0.4) is 0 Å². The molecule has 0 saturated heterocycles. The number of carbonyl (C=O) groups excluding carboxylic acids is 1. The number of nitrogens with two attached hydrogens (primary N) is 1. The van der Waals surface area contributed by atoms with Crippen LogP contribution in [0.1, 0.15) is 17.5 Å². The Morgan fingerprint density at radius 3 is 2.76 bits per heavy atom. The van der Waals surface area contributed by atoms with E-state index in [-0.39, 0.29) is 5.91 Å². The fraction of sp³-hybridized carbons (Fsp3) is 0.462. The van der Waals surface area contributed by atoms with E-state index >= 15 is 0 Å². The van der Waals surface area contributed by atoms with Crippen LogP contribution in [-0.4, -0.2) is 25.7 Å². The lowest BCUT2D eigenvalue weighted by atomic mass is 10.1. The summed E-state index contributed by atoms with van der Waals surface area (Å²) in [6, 6.07) is 5.35. The smallest absolute Gasteiger partial charge is 0.241 e. The van der Waals surface area contributed by atoms with Crippen LogP contribution >= 0.6 is 0 Å². The molecule has 0 aliphatic rings. The summed E-state index contributed by atoms with van der Waals surface area (Å²) in [6.45, 7) is 4.47. The van der Waals surface area contributed by atoms with Gasteiger partial charge in [0.2, 0.25) is 5.91 Å². The number of ether oxygens (including phenoxy) is 1. The minimum atomic E-state index is -0.532. The third kappa shape index (κ3) is 4.17. The maximum absolute atomic E-state index is 11.8. The van der Waals surface area contributed by atoms with E-state index in [0.29, 0.717) is 13.0 Å². The van der Waals surface area contributed by atoms with Crippen molar-refractivity contribution in [2.75, 3.05) is 19.0 Å². The van der Waals surface area contributed by atoms with Crippen molar-refractivity contribution in [3.63, 3.8) is 0 Å². The van der Waals surface area contributed by atoms with Crippen molar-refractivity contribution in [2.24, 2.45) is 5.73 Å². The summed E-state index contributed by atoms with van der Waals surface area (Å²) in [5, 5.41) is 2.83. The first-order chi connectivity index (χ1) is 8.04. The zero-order valence-corrected chi connectivity index (χ0v) is 10.6. The van der Waals surface area contributed by atoms with Crippen LogP contribution in [0.15, 0.2) is 18.2 Å². The van der Waals surface area contributed by atoms with E-state index in [9.17, 15) is 4.79 Å². The molecular formula is C13H20N2O2. The molecule has 3 N–H and O–H groups in total. The molecule has 0 spiro atoms. The summed E-state index contributed by atoms with van der Waals surface area (Å²) in [5.41, 5.74) is 8.76. The van der Waals surface area contributed by atoms with Gasteiger partial charge in [-0.2, -0.15) is 0 Å². The highest BCUT2D eigenvalue weighted by molar-refractivity contribution is 5.95. The fourth-order valence-electron chi connectivity index (χ4n) is 1.56. The molecule has 0 fully saturated rings. The van der Waals surface area contributed by atoms with Gasteiger partial charge in [-0.15, -0.1) is 0 Å². The van der Waals surface area contributed by atoms with Gasteiger partial charge in [0, 0.05) is 19.4 Å². The first kappa shape index (κ1) is 13.7. The molecule has 1 unspecified atom stereocenters. The average Bonchev–Trinajstić information content (AvgIpc) is 2.29. The van der Waals surface area contributed by atoms with Crippen molar-refractivity contribution in [3.8, 4) is 0 Å². The normalized spacial score (nSPS) is 12.2. The second kappa shape index (κ2) is 6.37. The van der Waals surface area contributed by atoms with Gasteiger partial charge < -0.3 is 15.8 Å². The SMILES string of the molecule is COCCC(N)C(=O)Nc1ccc(C)cc1C. The van der Waals surface area contributed by atoms with E-state index in [2.05, 4.69) is 5.32 Å².